The number of amides is 1. The van der Waals surface area contributed by atoms with Gasteiger partial charge in [0.2, 0.25) is 5.91 Å². The second-order valence-corrected chi connectivity index (χ2v) is 4.74. The minimum atomic E-state index is 0.0293. The molecule has 0 aromatic heterocycles. The van der Waals surface area contributed by atoms with Crippen molar-refractivity contribution in [1.29, 1.82) is 0 Å². The van der Waals surface area contributed by atoms with Crippen LogP contribution in [0.2, 0.25) is 0 Å². The second kappa shape index (κ2) is 5.16. The molecule has 0 saturated carbocycles. The highest BCUT2D eigenvalue weighted by Crippen LogP contribution is 2.23. The van der Waals surface area contributed by atoms with Gasteiger partial charge in [-0.3, -0.25) is 4.79 Å². The molecule has 82 valence electrons. The monoisotopic (exact) mass is 270 g/mol. The number of halogens is 1. The fourth-order valence-corrected chi connectivity index (χ4v) is 1.57. The Morgan fingerprint density at radius 1 is 1.53 bits per heavy atom. The van der Waals surface area contributed by atoms with Crippen LogP contribution in [0.25, 0.3) is 0 Å². The van der Waals surface area contributed by atoms with E-state index in [2.05, 4.69) is 21.2 Å². The predicted octanol–water partition coefficient (Wildman–Crippen LogP) is 3.02. The van der Waals surface area contributed by atoms with Crippen molar-refractivity contribution in [3.05, 3.63) is 22.7 Å². The molecule has 0 unspecified atom stereocenters. The molecule has 4 heteroatoms. The average Bonchev–Trinajstić information content (AvgIpc) is 2.10. The Bertz CT molecular complexity index is 364. The third-order valence-electron chi connectivity index (χ3n) is 1.88. The lowest BCUT2D eigenvalue weighted by Crippen LogP contribution is -2.13. The molecule has 3 nitrogen and oxygen atoms in total. The summed E-state index contributed by atoms with van der Waals surface area (Å²) in [5.74, 6) is 0.392. The maximum absolute atomic E-state index is 11.5. The van der Waals surface area contributed by atoms with Gasteiger partial charge in [-0.25, -0.2) is 0 Å². The van der Waals surface area contributed by atoms with Crippen molar-refractivity contribution in [1.82, 2.24) is 0 Å². The number of nitrogens with one attached hydrogen (secondary N) is 1. The van der Waals surface area contributed by atoms with E-state index in [0.717, 1.165) is 10.2 Å². The Morgan fingerprint density at radius 3 is 2.73 bits per heavy atom. The quantitative estimate of drug-likeness (QED) is 0.830. The van der Waals surface area contributed by atoms with E-state index in [1.54, 1.807) is 18.2 Å². The molecule has 3 N–H and O–H groups in total. The van der Waals surface area contributed by atoms with Crippen molar-refractivity contribution in [2.24, 2.45) is 5.92 Å². The van der Waals surface area contributed by atoms with Gasteiger partial charge in [0.05, 0.1) is 0 Å². The van der Waals surface area contributed by atoms with Crippen LogP contribution < -0.4 is 11.1 Å². The lowest BCUT2D eigenvalue weighted by Gasteiger charge is -2.08. The van der Waals surface area contributed by atoms with Crippen LogP contribution in [0.1, 0.15) is 20.3 Å². The van der Waals surface area contributed by atoms with E-state index in [0.29, 0.717) is 18.0 Å². The normalized spacial score (nSPS) is 10.4. The summed E-state index contributed by atoms with van der Waals surface area (Å²) in [5, 5.41) is 2.82. The average molecular weight is 271 g/mol. The Morgan fingerprint density at radius 2 is 2.20 bits per heavy atom. The minimum absolute atomic E-state index is 0.0293. The molecule has 0 atom stereocenters. The number of nitrogens with two attached hydrogens (primary N) is 1. The number of carbonyl (C=O) groups excluding carboxylic acids is 1. The fraction of sp³-hybridized carbons (Fsp3) is 0.364. The molecule has 15 heavy (non-hydrogen) atoms. The molecule has 0 aliphatic rings. The third kappa shape index (κ3) is 3.91. The summed E-state index contributed by atoms with van der Waals surface area (Å²) in [6, 6.07) is 5.35. The van der Waals surface area contributed by atoms with E-state index in [-0.39, 0.29) is 5.91 Å². The van der Waals surface area contributed by atoms with Gasteiger partial charge in [-0.1, -0.05) is 13.8 Å². The molecule has 0 aliphatic carbocycles. The summed E-state index contributed by atoms with van der Waals surface area (Å²) in [4.78, 5) is 11.5. The first-order chi connectivity index (χ1) is 6.99. The number of nitrogen functional groups attached to an aromatic ring is 1. The standard InChI is InChI=1S/C11H15BrN2O/c1-7(2)5-11(15)14-8-3-4-10(13)9(12)6-8/h3-4,6-7H,5,13H2,1-2H3,(H,14,15). The van der Waals surface area contributed by atoms with Crippen molar-refractivity contribution < 1.29 is 4.79 Å². The molecule has 0 spiro atoms. The van der Waals surface area contributed by atoms with Gasteiger partial charge in [-0.05, 0) is 40.0 Å². The number of rotatable bonds is 3. The molecular weight excluding hydrogens is 256 g/mol. The molecule has 1 aromatic rings. The molecule has 0 bridgehead atoms. The lowest BCUT2D eigenvalue weighted by molar-refractivity contribution is -0.116. The van der Waals surface area contributed by atoms with E-state index in [1.807, 2.05) is 13.8 Å². The number of hydrogen-bond donors (Lipinski definition) is 2. The second-order valence-electron chi connectivity index (χ2n) is 3.88. The highest BCUT2D eigenvalue weighted by molar-refractivity contribution is 9.10. The van der Waals surface area contributed by atoms with Crippen LogP contribution in [-0.2, 0) is 4.79 Å². The van der Waals surface area contributed by atoms with Gasteiger partial charge in [0, 0.05) is 22.3 Å². The minimum Gasteiger partial charge on any atom is -0.398 e. The van der Waals surface area contributed by atoms with Crippen molar-refractivity contribution >= 4 is 33.2 Å². The zero-order chi connectivity index (χ0) is 11.4. The Kier molecular flexibility index (Phi) is 4.15. The molecule has 0 heterocycles. The number of carbonyl (C=O) groups is 1. The van der Waals surface area contributed by atoms with E-state index in [1.165, 1.54) is 0 Å². The largest absolute Gasteiger partial charge is 0.398 e. The first-order valence-electron chi connectivity index (χ1n) is 4.84. The molecule has 0 aliphatic heterocycles. The summed E-state index contributed by atoms with van der Waals surface area (Å²) in [7, 11) is 0. The van der Waals surface area contributed by atoms with Gasteiger partial charge < -0.3 is 11.1 Å². The van der Waals surface area contributed by atoms with Crippen LogP contribution >= 0.6 is 15.9 Å². The first kappa shape index (κ1) is 12.0. The van der Waals surface area contributed by atoms with E-state index in [9.17, 15) is 4.79 Å². The highest BCUT2D eigenvalue weighted by atomic mass is 79.9. The molecule has 1 amide bonds. The Balaban J connectivity index is 2.65. The third-order valence-corrected chi connectivity index (χ3v) is 2.56. The van der Waals surface area contributed by atoms with E-state index in [4.69, 9.17) is 5.73 Å². The van der Waals surface area contributed by atoms with E-state index < -0.39 is 0 Å². The molecule has 0 radical (unpaired) electrons. The summed E-state index contributed by atoms with van der Waals surface area (Å²) < 4.78 is 0.796. The van der Waals surface area contributed by atoms with Crippen molar-refractivity contribution in [2.75, 3.05) is 11.1 Å². The van der Waals surface area contributed by atoms with Gasteiger partial charge >= 0.3 is 0 Å². The zero-order valence-corrected chi connectivity index (χ0v) is 10.5. The smallest absolute Gasteiger partial charge is 0.224 e. The van der Waals surface area contributed by atoms with Gasteiger partial charge in [0.15, 0.2) is 0 Å². The van der Waals surface area contributed by atoms with Crippen LogP contribution in [0.3, 0.4) is 0 Å². The number of hydrogen-bond acceptors (Lipinski definition) is 2. The Hall–Kier alpha value is -1.03. The highest BCUT2D eigenvalue weighted by Gasteiger charge is 2.05. The number of benzene rings is 1. The fourth-order valence-electron chi connectivity index (χ4n) is 1.19. The van der Waals surface area contributed by atoms with Crippen LogP contribution in [0.5, 0.6) is 0 Å². The van der Waals surface area contributed by atoms with E-state index >= 15 is 0 Å². The predicted molar refractivity (Wildman–Crippen MR) is 66.6 cm³/mol. The van der Waals surface area contributed by atoms with Gasteiger partial charge in [0.25, 0.3) is 0 Å². The SMILES string of the molecule is CC(C)CC(=O)Nc1ccc(N)c(Br)c1. The van der Waals surface area contributed by atoms with Crippen molar-refractivity contribution in [2.45, 2.75) is 20.3 Å². The van der Waals surface area contributed by atoms with Crippen molar-refractivity contribution in [3.63, 3.8) is 0 Å². The van der Waals surface area contributed by atoms with Crippen LogP contribution in [0.4, 0.5) is 11.4 Å². The summed E-state index contributed by atoms with van der Waals surface area (Å²) >= 11 is 3.31. The van der Waals surface area contributed by atoms with Crippen molar-refractivity contribution in [3.8, 4) is 0 Å². The first-order valence-corrected chi connectivity index (χ1v) is 5.63. The molecule has 1 aromatic carbocycles. The molecule has 1 rings (SSSR count). The maximum atomic E-state index is 11.5. The lowest BCUT2D eigenvalue weighted by atomic mass is 10.1. The zero-order valence-electron chi connectivity index (χ0n) is 8.88. The van der Waals surface area contributed by atoms with Crippen LogP contribution in [-0.4, -0.2) is 5.91 Å². The van der Waals surface area contributed by atoms with Gasteiger partial charge in [0.1, 0.15) is 0 Å². The summed E-state index contributed by atoms with van der Waals surface area (Å²) in [6.45, 7) is 4.02. The summed E-state index contributed by atoms with van der Waals surface area (Å²) in [6.07, 6.45) is 0.530. The van der Waals surface area contributed by atoms with Crippen LogP contribution in [0.15, 0.2) is 22.7 Å². The van der Waals surface area contributed by atoms with Crippen LogP contribution in [0, 0.1) is 5.92 Å². The Labute approximate surface area is 98.2 Å². The number of anilines is 2. The van der Waals surface area contributed by atoms with Gasteiger partial charge in [-0.2, -0.15) is 0 Å². The summed E-state index contributed by atoms with van der Waals surface area (Å²) in [5.41, 5.74) is 7.07. The topological polar surface area (TPSA) is 55.1 Å². The molecule has 0 saturated heterocycles. The molecular formula is C11H15BrN2O. The van der Waals surface area contributed by atoms with Gasteiger partial charge in [-0.15, -0.1) is 0 Å². The molecule has 0 fully saturated rings. The maximum Gasteiger partial charge on any atom is 0.224 e.